The fourth-order valence-corrected chi connectivity index (χ4v) is 2.15. The van der Waals surface area contributed by atoms with Gasteiger partial charge in [0.1, 0.15) is 17.6 Å². The second-order valence-electron chi connectivity index (χ2n) is 4.66. The molecule has 5 nitrogen and oxygen atoms in total. The summed E-state index contributed by atoms with van der Waals surface area (Å²) in [5.41, 5.74) is 0. The molecule has 0 spiro atoms. The Morgan fingerprint density at radius 2 is 2.00 bits per heavy atom. The smallest absolute Gasteiger partial charge is 0.316 e. The van der Waals surface area contributed by atoms with E-state index in [9.17, 15) is 4.79 Å². The summed E-state index contributed by atoms with van der Waals surface area (Å²) < 4.78 is 7.15. The Bertz CT molecular complexity index is 399. The number of hydrogen-bond donors (Lipinski definition) is 0. The molecule has 0 aliphatic heterocycles. The molecule has 0 saturated carbocycles. The van der Waals surface area contributed by atoms with Crippen LogP contribution in [0.5, 0.6) is 0 Å². The minimum absolute atomic E-state index is 0.200. The first-order valence-electron chi connectivity index (χ1n) is 6.60. The summed E-state index contributed by atoms with van der Waals surface area (Å²) in [5.74, 6) is 1.06. The number of carbonyl (C=O) groups is 1. The molecule has 102 valence electrons. The zero-order valence-electron chi connectivity index (χ0n) is 11.9. The topological polar surface area (TPSA) is 57.0 Å². The number of aromatic nitrogens is 3. The third kappa shape index (κ3) is 3.09. The summed E-state index contributed by atoms with van der Waals surface area (Å²) >= 11 is 0. The molecule has 0 amide bonds. The number of nitrogens with zero attached hydrogens (tertiary/aromatic N) is 3. The highest BCUT2D eigenvalue weighted by atomic mass is 16.5. The molecule has 0 bridgehead atoms. The van der Waals surface area contributed by atoms with Gasteiger partial charge in [-0.1, -0.05) is 13.3 Å². The molecule has 1 rings (SSSR count). The summed E-state index contributed by atoms with van der Waals surface area (Å²) in [6.45, 7) is 10.3. The van der Waals surface area contributed by atoms with Crippen molar-refractivity contribution in [1.29, 1.82) is 0 Å². The van der Waals surface area contributed by atoms with Gasteiger partial charge in [-0.25, -0.2) is 0 Å². The van der Waals surface area contributed by atoms with Gasteiger partial charge in [0.2, 0.25) is 0 Å². The molecule has 1 aromatic heterocycles. The lowest BCUT2D eigenvalue weighted by Crippen LogP contribution is -2.21. The lowest BCUT2D eigenvalue weighted by atomic mass is 10.0. The Morgan fingerprint density at radius 1 is 1.33 bits per heavy atom. The predicted molar refractivity (Wildman–Crippen MR) is 69.4 cm³/mol. The molecule has 1 unspecified atom stereocenters. The first-order valence-corrected chi connectivity index (χ1v) is 6.60. The molecule has 1 aromatic rings. The van der Waals surface area contributed by atoms with Gasteiger partial charge in [-0.2, -0.15) is 0 Å². The van der Waals surface area contributed by atoms with Crippen molar-refractivity contribution in [3.05, 3.63) is 11.6 Å². The van der Waals surface area contributed by atoms with E-state index >= 15 is 0 Å². The molecule has 18 heavy (non-hydrogen) atoms. The second kappa shape index (κ2) is 6.52. The average molecular weight is 253 g/mol. The first kappa shape index (κ1) is 14.7. The van der Waals surface area contributed by atoms with Crippen molar-refractivity contribution < 1.29 is 9.53 Å². The van der Waals surface area contributed by atoms with E-state index < -0.39 is 0 Å². The average Bonchev–Trinajstić information content (AvgIpc) is 2.68. The fraction of sp³-hybridized carbons (Fsp3) is 0.769. The van der Waals surface area contributed by atoms with E-state index in [1.807, 2.05) is 18.4 Å². The highest BCUT2D eigenvalue weighted by Crippen LogP contribution is 2.24. The van der Waals surface area contributed by atoms with E-state index in [0.717, 1.165) is 24.5 Å². The van der Waals surface area contributed by atoms with Crippen LogP contribution in [0.3, 0.4) is 0 Å². The SMILES string of the molecule is CCCC(C(=O)OCC)c1nnc(C)n1C(C)C. The lowest BCUT2D eigenvalue weighted by Gasteiger charge is -2.18. The standard InChI is InChI=1S/C13H23N3O2/c1-6-8-11(13(17)18-7-2)12-15-14-10(5)16(12)9(3)4/h9,11H,6-8H2,1-5H3. The number of ether oxygens (including phenoxy) is 1. The van der Waals surface area contributed by atoms with Crippen molar-refractivity contribution >= 4 is 5.97 Å². The van der Waals surface area contributed by atoms with Crippen molar-refractivity contribution in [3.8, 4) is 0 Å². The molecule has 5 heteroatoms. The highest BCUT2D eigenvalue weighted by Gasteiger charge is 2.28. The maximum Gasteiger partial charge on any atom is 0.316 e. The van der Waals surface area contributed by atoms with Crippen molar-refractivity contribution in [2.75, 3.05) is 6.61 Å². The minimum atomic E-state index is -0.307. The van der Waals surface area contributed by atoms with Crippen LogP contribution in [0.15, 0.2) is 0 Å². The summed E-state index contributed by atoms with van der Waals surface area (Å²) in [4.78, 5) is 12.0. The van der Waals surface area contributed by atoms with Crippen LogP contribution >= 0.6 is 0 Å². The van der Waals surface area contributed by atoms with Gasteiger partial charge in [0.15, 0.2) is 0 Å². The van der Waals surface area contributed by atoms with Crippen LogP contribution in [0.4, 0.5) is 0 Å². The van der Waals surface area contributed by atoms with Crippen molar-refractivity contribution in [3.63, 3.8) is 0 Å². The fourth-order valence-electron chi connectivity index (χ4n) is 2.15. The van der Waals surface area contributed by atoms with Crippen LogP contribution < -0.4 is 0 Å². The third-order valence-corrected chi connectivity index (χ3v) is 2.87. The predicted octanol–water partition coefficient (Wildman–Crippen LogP) is 2.61. The Hall–Kier alpha value is -1.39. The Balaban J connectivity index is 3.09. The summed E-state index contributed by atoms with van der Waals surface area (Å²) in [5, 5.41) is 8.26. The monoisotopic (exact) mass is 253 g/mol. The molecule has 0 N–H and O–H groups in total. The molecular formula is C13H23N3O2. The van der Waals surface area contributed by atoms with Crippen LogP contribution in [0.2, 0.25) is 0 Å². The lowest BCUT2D eigenvalue weighted by molar-refractivity contribution is -0.145. The van der Waals surface area contributed by atoms with Crippen LogP contribution in [-0.4, -0.2) is 27.3 Å². The Morgan fingerprint density at radius 3 is 2.50 bits per heavy atom. The van der Waals surface area contributed by atoms with Crippen LogP contribution in [-0.2, 0) is 9.53 Å². The zero-order valence-corrected chi connectivity index (χ0v) is 11.9. The van der Waals surface area contributed by atoms with E-state index in [-0.39, 0.29) is 17.9 Å². The number of aryl methyl sites for hydroxylation is 1. The molecule has 1 atom stereocenters. The minimum Gasteiger partial charge on any atom is -0.465 e. The molecule has 0 fully saturated rings. The van der Waals surface area contributed by atoms with Crippen LogP contribution in [0, 0.1) is 6.92 Å². The quantitative estimate of drug-likeness (QED) is 0.731. The molecule has 0 saturated heterocycles. The van der Waals surface area contributed by atoms with Crippen LogP contribution in [0.25, 0.3) is 0 Å². The van der Waals surface area contributed by atoms with Crippen molar-refractivity contribution in [2.45, 2.75) is 59.4 Å². The Kier molecular flexibility index (Phi) is 5.31. The maximum absolute atomic E-state index is 12.0. The molecular weight excluding hydrogens is 230 g/mol. The Labute approximate surface area is 109 Å². The van der Waals surface area contributed by atoms with E-state index in [2.05, 4.69) is 31.0 Å². The first-order chi connectivity index (χ1) is 8.52. The van der Waals surface area contributed by atoms with Crippen molar-refractivity contribution in [1.82, 2.24) is 14.8 Å². The van der Waals surface area contributed by atoms with Gasteiger partial charge in [-0.15, -0.1) is 10.2 Å². The van der Waals surface area contributed by atoms with E-state index in [0.29, 0.717) is 6.61 Å². The highest BCUT2D eigenvalue weighted by molar-refractivity contribution is 5.77. The van der Waals surface area contributed by atoms with Gasteiger partial charge in [-0.05, 0) is 34.1 Å². The number of esters is 1. The van der Waals surface area contributed by atoms with Crippen molar-refractivity contribution in [2.24, 2.45) is 0 Å². The molecule has 0 aliphatic rings. The second-order valence-corrected chi connectivity index (χ2v) is 4.66. The van der Waals surface area contributed by atoms with Gasteiger partial charge in [0.25, 0.3) is 0 Å². The van der Waals surface area contributed by atoms with Crippen LogP contribution in [0.1, 0.15) is 64.1 Å². The van der Waals surface area contributed by atoms with E-state index in [1.54, 1.807) is 0 Å². The largest absolute Gasteiger partial charge is 0.465 e. The van der Waals surface area contributed by atoms with Gasteiger partial charge < -0.3 is 9.30 Å². The normalized spacial score (nSPS) is 12.8. The van der Waals surface area contributed by atoms with E-state index in [4.69, 9.17) is 4.74 Å². The van der Waals surface area contributed by atoms with Gasteiger partial charge in [-0.3, -0.25) is 4.79 Å². The van der Waals surface area contributed by atoms with Gasteiger partial charge >= 0.3 is 5.97 Å². The summed E-state index contributed by atoms with van der Waals surface area (Å²) in [7, 11) is 0. The summed E-state index contributed by atoms with van der Waals surface area (Å²) in [6.07, 6.45) is 1.65. The molecule has 0 aromatic carbocycles. The number of rotatable bonds is 6. The van der Waals surface area contributed by atoms with Gasteiger partial charge in [0, 0.05) is 6.04 Å². The zero-order chi connectivity index (χ0) is 13.7. The molecule has 1 heterocycles. The van der Waals surface area contributed by atoms with Gasteiger partial charge in [0.05, 0.1) is 6.61 Å². The van der Waals surface area contributed by atoms with E-state index in [1.165, 1.54) is 0 Å². The number of carbonyl (C=O) groups excluding carboxylic acids is 1. The number of hydrogen-bond acceptors (Lipinski definition) is 4. The molecule has 0 radical (unpaired) electrons. The third-order valence-electron chi connectivity index (χ3n) is 2.87. The summed E-state index contributed by atoms with van der Waals surface area (Å²) in [6, 6.07) is 0.240. The molecule has 0 aliphatic carbocycles. The maximum atomic E-state index is 12.0.